The molecule has 0 N–H and O–H groups in total. The molecular formula is C32H26BF4NO2. The summed E-state index contributed by atoms with van der Waals surface area (Å²) >= 11 is 0. The van der Waals surface area contributed by atoms with Crippen molar-refractivity contribution in [3.63, 3.8) is 0 Å². The molecule has 5 aromatic rings. The number of rotatable bonds is 6. The first-order chi connectivity index (χ1) is 19.3. The van der Waals surface area contributed by atoms with E-state index < -0.39 is 13.3 Å². The van der Waals surface area contributed by atoms with Gasteiger partial charge in [0.25, 0.3) is 6.04 Å². The molecule has 3 nitrogen and oxygen atoms in total. The molecule has 0 fully saturated rings. The van der Waals surface area contributed by atoms with E-state index in [0.29, 0.717) is 0 Å². The zero-order valence-corrected chi connectivity index (χ0v) is 21.6. The molecule has 1 aromatic heterocycles. The van der Waals surface area contributed by atoms with Crippen LogP contribution < -0.4 is 4.57 Å². The van der Waals surface area contributed by atoms with Gasteiger partial charge in [0.15, 0.2) is 0 Å². The molecule has 4 aromatic carbocycles. The van der Waals surface area contributed by atoms with Crippen molar-refractivity contribution in [2.75, 3.05) is 7.11 Å². The van der Waals surface area contributed by atoms with E-state index >= 15 is 0 Å². The summed E-state index contributed by atoms with van der Waals surface area (Å²) in [5.74, 6) is -0.317. The highest BCUT2D eigenvalue weighted by molar-refractivity contribution is 6.50. The predicted molar refractivity (Wildman–Crippen MR) is 150 cm³/mol. The van der Waals surface area contributed by atoms with Gasteiger partial charge in [0.05, 0.1) is 7.11 Å². The van der Waals surface area contributed by atoms with Gasteiger partial charge in [-0.05, 0) is 35.4 Å². The Morgan fingerprint density at radius 2 is 0.950 bits per heavy atom. The van der Waals surface area contributed by atoms with E-state index in [1.165, 1.54) is 7.11 Å². The Labute approximate surface area is 230 Å². The van der Waals surface area contributed by atoms with Gasteiger partial charge < -0.3 is 22.0 Å². The van der Waals surface area contributed by atoms with Gasteiger partial charge in [0.1, 0.15) is 0 Å². The summed E-state index contributed by atoms with van der Waals surface area (Å²) < 4.78 is 46.5. The molecule has 1 atom stereocenters. The van der Waals surface area contributed by atoms with Crippen molar-refractivity contribution in [3.8, 4) is 33.6 Å². The number of aromatic nitrogens is 1. The summed E-state index contributed by atoms with van der Waals surface area (Å²) in [6.45, 7) is 0. The molecule has 0 saturated heterocycles. The lowest BCUT2D eigenvalue weighted by molar-refractivity contribution is -0.680. The highest BCUT2D eigenvalue weighted by Gasteiger charge is 2.37. The Morgan fingerprint density at radius 1 is 0.600 bits per heavy atom. The van der Waals surface area contributed by atoms with Gasteiger partial charge >= 0.3 is 13.2 Å². The lowest BCUT2D eigenvalue weighted by Gasteiger charge is -2.19. The summed E-state index contributed by atoms with van der Waals surface area (Å²) in [5, 5.41) is 0. The molecule has 0 radical (unpaired) electrons. The van der Waals surface area contributed by atoms with E-state index in [0.717, 1.165) is 39.2 Å². The van der Waals surface area contributed by atoms with Gasteiger partial charge in [-0.2, -0.15) is 4.57 Å². The van der Waals surface area contributed by atoms with Gasteiger partial charge in [-0.15, -0.1) is 0 Å². The van der Waals surface area contributed by atoms with Crippen LogP contribution >= 0.6 is 0 Å². The summed E-state index contributed by atoms with van der Waals surface area (Å²) in [5.41, 5.74) is 6.97. The van der Waals surface area contributed by atoms with E-state index in [9.17, 15) is 22.1 Å². The molecule has 0 aliphatic carbocycles. The fraction of sp³-hybridized carbons (Fsp3) is 0.0625. The molecule has 0 saturated carbocycles. The second kappa shape index (κ2) is 12.9. The van der Waals surface area contributed by atoms with Crippen molar-refractivity contribution in [2.45, 2.75) is 6.04 Å². The lowest BCUT2D eigenvalue weighted by atomic mass is 9.96. The summed E-state index contributed by atoms with van der Waals surface area (Å²) in [7, 11) is -4.55. The topological polar surface area (TPSA) is 30.2 Å². The van der Waals surface area contributed by atoms with Crippen molar-refractivity contribution < 1.29 is 31.4 Å². The number of methoxy groups -OCH3 is 1. The fourth-order valence-corrected chi connectivity index (χ4v) is 4.48. The summed E-state index contributed by atoms with van der Waals surface area (Å²) in [4.78, 5) is 13.4. The first-order valence-electron chi connectivity index (χ1n) is 12.5. The van der Waals surface area contributed by atoms with Crippen LogP contribution in [0.3, 0.4) is 0 Å². The van der Waals surface area contributed by atoms with Gasteiger partial charge in [0.2, 0.25) is 11.4 Å². The maximum atomic E-state index is 13.4. The third-order valence-corrected chi connectivity index (χ3v) is 6.15. The van der Waals surface area contributed by atoms with E-state index in [-0.39, 0.29) is 5.97 Å². The second-order valence-corrected chi connectivity index (χ2v) is 8.81. The number of halogens is 4. The van der Waals surface area contributed by atoms with E-state index in [1.54, 1.807) is 0 Å². The highest BCUT2D eigenvalue weighted by atomic mass is 19.5. The number of carbonyl (C=O) groups is 1. The first kappa shape index (κ1) is 28.3. The van der Waals surface area contributed by atoms with E-state index in [2.05, 4.69) is 53.1 Å². The van der Waals surface area contributed by atoms with Crippen LogP contribution in [-0.4, -0.2) is 20.3 Å². The average molecular weight is 543 g/mol. The van der Waals surface area contributed by atoms with Crippen molar-refractivity contribution in [1.82, 2.24) is 0 Å². The number of esters is 1. The molecule has 1 heterocycles. The number of nitrogens with zero attached hydrogens (tertiary/aromatic N) is 1. The maximum Gasteiger partial charge on any atom is 0.673 e. The van der Waals surface area contributed by atoms with Crippen LogP contribution in [-0.2, 0) is 9.53 Å². The van der Waals surface area contributed by atoms with Gasteiger partial charge in [-0.1, -0.05) is 97.1 Å². The van der Waals surface area contributed by atoms with Gasteiger partial charge in [-0.25, -0.2) is 4.79 Å². The van der Waals surface area contributed by atoms with Crippen molar-refractivity contribution in [3.05, 3.63) is 139 Å². The maximum absolute atomic E-state index is 13.4. The van der Waals surface area contributed by atoms with Crippen LogP contribution in [0.1, 0.15) is 11.6 Å². The predicted octanol–water partition coefficient (Wildman–Crippen LogP) is 8.04. The molecule has 1 unspecified atom stereocenters. The first-order valence-corrected chi connectivity index (χ1v) is 12.5. The van der Waals surface area contributed by atoms with Gasteiger partial charge in [-0.3, -0.25) is 0 Å². The minimum atomic E-state index is -6.00. The minimum Gasteiger partial charge on any atom is -0.464 e. The molecule has 0 spiro atoms. The molecular weight excluding hydrogens is 517 g/mol. The summed E-state index contributed by atoms with van der Waals surface area (Å²) in [6, 6.07) is 44.2. The quantitative estimate of drug-likeness (QED) is 0.0940. The van der Waals surface area contributed by atoms with Crippen LogP contribution in [0.15, 0.2) is 133 Å². The number of ether oxygens (including phenoxy) is 1. The van der Waals surface area contributed by atoms with Crippen LogP contribution in [0.25, 0.3) is 33.6 Å². The van der Waals surface area contributed by atoms with Crippen LogP contribution in [0.2, 0.25) is 0 Å². The van der Waals surface area contributed by atoms with Gasteiger partial charge in [0, 0.05) is 28.8 Å². The Balaban J connectivity index is 0.000000681. The minimum absolute atomic E-state index is 0.317. The smallest absolute Gasteiger partial charge is 0.464 e. The molecule has 0 bridgehead atoms. The average Bonchev–Trinajstić information content (AvgIpc) is 2.98. The molecule has 5 rings (SSSR count). The zero-order chi connectivity index (χ0) is 28.5. The summed E-state index contributed by atoms with van der Waals surface area (Å²) in [6.07, 6.45) is 0. The lowest BCUT2D eigenvalue weighted by Crippen LogP contribution is -2.48. The molecule has 0 amide bonds. The molecule has 202 valence electrons. The normalized spacial score (nSPS) is 11.6. The molecule has 40 heavy (non-hydrogen) atoms. The fourth-order valence-electron chi connectivity index (χ4n) is 4.48. The van der Waals surface area contributed by atoms with Crippen LogP contribution in [0.4, 0.5) is 17.3 Å². The molecule has 0 aliphatic heterocycles. The SMILES string of the molecule is COC(=O)C(c1ccccc1)[n+]1c(-c2ccccc2)cc(-c2ccccc2)cc1-c1ccccc1.F[B-](F)(F)F. The number of pyridine rings is 1. The second-order valence-electron chi connectivity index (χ2n) is 8.81. The third kappa shape index (κ3) is 7.23. The third-order valence-electron chi connectivity index (χ3n) is 6.15. The Hall–Kier alpha value is -4.72. The largest absolute Gasteiger partial charge is 0.673 e. The van der Waals surface area contributed by atoms with Crippen molar-refractivity contribution in [1.29, 1.82) is 0 Å². The monoisotopic (exact) mass is 543 g/mol. The number of hydrogen-bond acceptors (Lipinski definition) is 2. The van der Waals surface area contributed by atoms with Crippen molar-refractivity contribution in [2.24, 2.45) is 0 Å². The molecule has 0 aliphatic rings. The van der Waals surface area contributed by atoms with Crippen LogP contribution in [0, 0.1) is 0 Å². The Bertz CT molecular complexity index is 1470. The molecule has 8 heteroatoms. The highest BCUT2D eigenvalue weighted by Crippen LogP contribution is 2.32. The van der Waals surface area contributed by atoms with E-state index in [4.69, 9.17) is 4.74 Å². The van der Waals surface area contributed by atoms with Crippen molar-refractivity contribution >= 4 is 13.2 Å². The van der Waals surface area contributed by atoms with Crippen LogP contribution in [0.5, 0.6) is 0 Å². The number of hydrogen-bond donors (Lipinski definition) is 0. The number of carbonyl (C=O) groups excluding carboxylic acids is 1. The standard InChI is InChI=1S/C32H26NO2.BF4/c1-35-32(34)31(27-20-12-5-13-21-27)33-29(25-16-8-3-9-17-25)22-28(24-14-6-2-7-15-24)23-30(33)26-18-10-4-11-19-26;2-1(3,4)5/h2-23,31H,1H3;/q+1;-1. The van der Waals surface area contributed by atoms with E-state index in [1.807, 2.05) is 84.9 Å². The Kier molecular flexibility index (Phi) is 9.12. The zero-order valence-electron chi connectivity index (χ0n) is 21.6. The number of benzene rings is 4. The Morgan fingerprint density at radius 3 is 1.32 bits per heavy atom.